The van der Waals surface area contributed by atoms with Gasteiger partial charge in [-0.25, -0.2) is 4.79 Å². The largest absolute Gasteiger partial charge is 0.378 e. The highest BCUT2D eigenvalue weighted by Crippen LogP contribution is 2.12. The van der Waals surface area contributed by atoms with Gasteiger partial charge in [-0.15, -0.1) is 0 Å². The van der Waals surface area contributed by atoms with Gasteiger partial charge in [-0.2, -0.15) is 0 Å². The van der Waals surface area contributed by atoms with Gasteiger partial charge >= 0.3 is 6.03 Å². The molecule has 2 saturated heterocycles. The van der Waals surface area contributed by atoms with Crippen molar-refractivity contribution in [1.29, 1.82) is 0 Å². The molecule has 25 heavy (non-hydrogen) atoms. The molecule has 0 aromatic carbocycles. The second-order valence-electron chi connectivity index (χ2n) is 6.30. The van der Waals surface area contributed by atoms with Crippen molar-refractivity contribution < 1.29 is 14.3 Å². The smallest absolute Gasteiger partial charge is 0.321 e. The van der Waals surface area contributed by atoms with E-state index in [2.05, 4.69) is 15.2 Å². The van der Waals surface area contributed by atoms with Crippen LogP contribution in [0.15, 0.2) is 24.5 Å². The fraction of sp³-hybridized carbons (Fsp3) is 0.588. The van der Waals surface area contributed by atoms with E-state index in [0.29, 0.717) is 52.5 Å². The van der Waals surface area contributed by atoms with Crippen molar-refractivity contribution in [2.45, 2.75) is 13.0 Å². The third-order valence-electron chi connectivity index (χ3n) is 4.76. The summed E-state index contributed by atoms with van der Waals surface area (Å²) in [5.74, 6) is 0.151. The molecule has 3 heterocycles. The zero-order valence-electron chi connectivity index (χ0n) is 14.6. The SMILES string of the molecule is C[C@H](C(=O)N1CCOCC1)N1CCN(C(=O)Nc2ccncc2)CC1. The number of morpholine rings is 1. The van der Waals surface area contributed by atoms with Crippen molar-refractivity contribution in [1.82, 2.24) is 19.7 Å². The average Bonchev–Trinajstić information content (AvgIpc) is 2.68. The van der Waals surface area contributed by atoms with Gasteiger partial charge in [0.1, 0.15) is 0 Å². The molecule has 1 atom stereocenters. The number of anilines is 1. The Morgan fingerprint density at radius 1 is 1.04 bits per heavy atom. The predicted octanol–water partition coefficient (Wildman–Crippen LogP) is 0.478. The summed E-state index contributed by atoms with van der Waals surface area (Å²) in [6.45, 7) is 7.11. The van der Waals surface area contributed by atoms with E-state index in [4.69, 9.17) is 4.74 Å². The summed E-state index contributed by atoms with van der Waals surface area (Å²) in [6.07, 6.45) is 3.29. The molecule has 1 aromatic rings. The molecule has 2 aliphatic rings. The lowest BCUT2D eigenvalue weighted by atomic mass is 10.2. The highest BCUT2D eigenvalue weighted by atomic mass is 16.5. The molecule has 8 heteroatoms. The summed E-state index contributed by atoms with van der Waals surface area (Å²) in [6, 6.07) is 3.25. The maximum absolute atomic E-state index is 12.6. The molecular weight excluding hydrogens is 322 g/mol. The Kier molecular flexibility index (Phi) is 5.83. The van der Waals surface area contributed by atoms with E-state index < -0.39 is 0 Å². The van der Waals surface area contributed by atoms with Gasteiger partial charge in [-0.1, -0.05) is 0 Å². The molecule has 0 spiro atoms. The number of ether oxygens (including phenoxy) is 1. The Labute approximate surface area is 147 Å². The molecule has 0 unspecified atom stereocenters. The summed E-state index contributed by atoms with van der Waals surface area (Å²) in [7, 11) is 0. The van der Waals surface area contributed by atoms with Crippen molar-refractivity contribution in [2.75, 3.05) is 57.8 Å². The zero-order valence-corrected chi connectivity index (χ0v) is 14.6. The molecular formula is C17H25N5O3. The van der Waals surface area contributed by atoms with E-state index in [9.17, 15) is 9.59 Å². The normalized spacial score (nSPS) is 20.2. The van der Waals surface area contributed by atoms with Crippen molar-refractivity contribution in [3.05, 3.63) is 24.5 Å². The summed E-state index contributed by atoms with van der Waals surface area (Å²) in [5, 5.41) is 2.87. The van der Waals surface area contributed by atoms with E-state index >= 15 is 0 Å². The van der Waals surface area contributed by atoms with E-state index in [-0.39, 0.29) is 18.0 Å². The Morgan fingerprint density at radius 3 is 2.32 bits per heavy atom. The molecule has 1 aromatic heterocycles. The lowest BCUT2D eigenvalue weighted by molar-refractivity contribution is -0.141. The van der Waals surface area contributed by atoms with Gasteiger partial charge in [0.05, 0.1) is 19.3 Å². The molecule has 2 aliphatic heterocycles. The van der Waals surface area contributed by atoms with Crippen LogP contribution in [-0.2, 0) is 9.53 Å². The summed E-state index contributed by atoms with van der Waals surface area (Å²) in [5.41, 5.74) is 0.735. The third-order valence-corrected chi connectivity index (χ3v) is 4.76. The first-order chi connectivity index (χ1) is 12.1. The summed E-state index contributed by atoms with van der Waals surface area (Å²) < 4.78 is 5.30. The fourth-order valence-electron chi connectivity index (χ4n) is 3.15. The van der Waals surface area contributed by atoms with Crippen molar-refractivity contribution in [3.8, 4) is 0 Å². The lowest BCUT2D eigenvalue weighted by Crippen LogP contribution is -2.57. The van der Waals surface area contributed by atoms with Crippen LogP contribution in [0, 0.1) is 0 Å². The maximum Gasteiger partial charge on any atom is 0.321 e. The van der Waals surface area contributed by atoms with Crippen LogP contribution in [0.1, 0.15) is 6.92 Å². The van der Waals surface area contributed by atoms with Crippen LogP contribution < -0.4 is 5.32 Å². The maximum atomic E-state index is 12.6. The quantitative estimate of drug-likeness (QED) is 0.860. The molecule has 136 valence electrons. The van der Waals surface area contributed by atoms with Crippen LogP contribution in [0.2, 0.25) is 0 Å². The van der Waals surface area contributed by atoms with Gasteiger partial charge in [-0.3, -0.25) is 14.7 Å². The molecule has 0 bridgehead atoms. The first-order valence-corrected chi connectivity index (χ1v) is 8.71. The first-order valence-electron chi connectivity index (χ1n) is 8.71. The highest BCUT2D eigenvalue weighted by molar-refractivity contribution is 5.89. The number of carbonyl (C=O) groups is 2. The highest BCUT2D eigenvalue weighted by Gasteiger charge is 2.30. The number of rotatable bonds is 3. The molecule has 8 nitrogen and oxygen atoms in total. The number of urea groups is 1. The number of nitrogens with zero attached hydrogens (tertiary/aromatic N) is 4. The first kappa shape index (κ1) is 17.6. The van der Waals surface area contributed by atoms with Crippen LogP contribution in [0.25, 0.3) is 0 Å². The zero-order chi connectivity index (χ0) is 17.6. The number of aromatic nitrogens is 1. The van der Waals surface area contributed by atoms with Gasteiger partial charge in [0, 0.05) is 57.3 Å². The van der Waals surface area contributed by atoms with Crippen LogP contribution in [0.4, 0.5) is 10.5 Å². The van der Waals surface area contributed by atoms with Gasteiger partial charge < -0.3 is 19.9 Å². The number of amides is 3. The molecule has 0 radical (unpaired) electrons. The van der Waals surface area contributed by atoms with Gasteiger partial charge in [0.2, 0.25) is 5.91 Å². The molecule has 0 aliphatic carbocycles. The predicted molar refractivity (Wildman–Crippen MR) is 93.3 cm³/mol. The number of piperazine rings is 1. The molecule has 2 fully saturated rings. The number of nitrogens with one attached hydrogen (secondary N) is 1. The third kappa shape index (κ3) is 4.46. The summed E-state index contributed by atoms with van der Waals surface area (Å²) >= 11 is 0. The minimum Gasteiger partial charge on any atom is -0.378 e. The molecule has 0 saturated carbocycles. The monoisotopic (exact) mass is 347 g/mol. The van der Waals surface area contributed by atoms with E-state index in [0.717, 1.165) is 5.69 Å². The lowest BCUT2D eigenvalue weighted by Gasteiger charge is -2.39. The van der Waals surface area contributed by atoms with Gasteiger partial charge in [-0.05, 0) is 19.1 Å². The topological polar surface area (TPSA) is 78.0 Å². The number of pyridine rings is 1. The Bertz CT molecular complexity index is 583. The second kappa shape index (κ2) is 8.26. The number of hydrogen-bond donors (Lipinski definition) is 1. The average molecular weight is 347 g/mol. The second-order valence-corrected chi connectivity index (χ2v) is 6.30. The Balaban J connectivity index is 1.47. The van der Waals surface area contributed by atoms with Crippen LogP contribution in [-0.4, -0.2) is 90.1 Å². The van der Waals surface area contributed by atoms with E-state index in [1.54, 1.807) is 29.4 Å². The van der Waals surface area contributed by atoms with Crippen molar-refractivity contribution in [2.24, 2.45) is 0 Å². The van der Waals surface area contributed by atoms with E-state index in [1.807, 2.05) is 11.8 Å². The Hall–Kier alpha value is -2.19. The number of hydrogen-bond acceptors (Lipinski definition) is 5. The van der Waals surface area contributed by atoms with Crippen LogP contribution in [0.5, 0.6) is 0 Å². The van der Waals surface area contributed by atoms with Gasteiger partial charge in [0.15, 0.2) is 0 Å². The van der Waals surface area contributed by atoms with Crippen molar-refractivity contribution in [3.63, 3.8) is 0 Å². The fourth-order valence-corrected chi connectivity index (χ4v) is 3.15. The minimum absolute atomic E-state index is 0.113. The molecule has 3 rings (SSSR count). The minimum atomic E-state index is -0.163. The summed E-state index contributed by atoms with van der Waals surface area (Å²) in [4.78, 5) is 34.6. The molecule has 3 amide bonds. The standard InChI is InChI=1S/C17H25N5O3/c1-14(16(23)21-10-12-25-13-11-21)20-6-8-22(9-7-20)17(24)19-15-2-4-18-5-3-15/h2-5,14H,6-13H2,1H3,(H,18,19,24)/t14-/m1/s1. The van der Waals surface area contributed by atoms with Gasteiger partial charge in [0.25, 0.3) is 0 Å². The van der Waals surface area contributed by atoms with E-state index in [1.165, 1.54) is 0 Å². The molecule has 1 N–H and O–H groups in total. The van der Waals surface area contributed by atoms with Crippen LogP contribution in [0.3, 0.4) is 0 Å². The Morgan fingerprint density at radius 2 is 1.68 bits per heavy atom. The van der Waals surface area contributed by atoms with Crippen molar-refractivity contribution >= 4 is 17.6 Å². The number of carbonyl (C=O) groups excluding carboxylic acids is 2. The van der Waals surface area contributed by atoms with Crippen LogP contribution >= 0.6 is 0 Å².